The highest BCUT2D eigenvalue weighted by Gasteiger charge is 2.15. The van der Waals surface area contributed by atoms with Gasteiger partial charge in [0.15, 0.2) is 5.13 Å². The van der Waals surface area contributed by atoms with Gasteiger partial charge in [-0.25, -0.2) is 4.98 Å². The number of carbonyl (C=O) groups excluding carboxylic acids is 2. The van der Waals surface area contributed by atoms with Gasteiger partial charge in [0.1, 0.15) is 17.2 Å². The van der Waals surface area contributed by atoms with Gasteiger partial charge in [-0.15, -0.1) is 11.3 Å². The number of methoxy groups -OCH3 is 2. The Morgan fingerprint density at radius 2 is 1.80 bits per heavy atom. The number of nitrogens with zero attached hydrogens (tertiary/aromatic N) is 1. The fourth-order valence-electron chi connectivity index (χ4n) is 1.94. The van der Waals surface area contributed by atoms with Crippen LogP contribution in [0.4, 0.5) is 5.13 Å². The van der Waals surface area contributed by atoms with Crippen molar-refractivity contribution in [3.63, 3.8) is 0 Å². The highest BCUT2D eigenvalue weighted by Crippen LogP contribution is 2.24. The lowest BCUT2D eigenvalue weighted by Gasteiger charge is -2.09. The van der Waals surface area contributed by atoms with E-state index in [0.29, 0.717) is 22.2 Å². The lowest BCUT2D eigenvalue weighted by molar-refractivity contribution is 0.0933. The van der Waals surface area contributed by atoms with Crippen LogP contribution in [0.2, 0.25) is 0 Å². The van der Waals surface area contributed by atoms with Gasteiger partial charge in [0.25, 0.3) is 11.8 Å². The third-order valence-corrected chi connectivity index (χ3v) is 4.32. The van der Waals surface area contributed by atoms with Crippen molar-refractivity contribution in [2.45, 2.75) is 26.3 Å². The highest BCUT2D eigenvalue weighted by molar-refractivity contribution is 7.14. The van der Waals surface area contributed by atoms with Crippen LogP contribution in [0.15, 0.2) is 23.6 Å². The Morgan fingerprint density at radius 1 is 1.16 bits per heavy atom. The average Bonchev–Trinajstić information content (AvgIpc) is 3.09. The minimum absolute atomic E-state index is 0.0662. The van der Waals surface area contributed by atoms with Gasteiger partial charge in [0, 0.05) is 23.1 Å². The maximum Gasteiger partial charge on any atom is 0.271 e. The summed E-state index contributed by atoms with van der Waals surface area (Å²) < 4.78 is 10.3. The molecule has 2 aromatic rings. The summed E-state index contributed by atoms with van der Waals surface area (Å²) in [6.07, 6.45) is 0.830. The molecule has 0 spiro atoms. The zero-order chi connectivity index (χ0) is 18.4. The molecule has 0 aliphatic carbocycles. The fourth-order valence-corrected chi connectivity index (χ4v) is 2.63. The largest absolute Gasteiger partial charge is 0.497 e. The van der Waals surface area contributed by atoms with Crippen LogP contribution in [0, 0.1) is 0 Å². The molecule has 0 bridgehead atoms. The van der Waals surface area contributed by atoms with Crippen LogP contribution in [-0.4, -0.2) is 37.1 Å². The molecule has 0 saturated carbocycles. The number of nitrogens with one attached hydrogen (secondary N) is 2. The van der Waals surface area contributed by atoms with Crippen LogP contribution in [0.1, 0.15) is 41.1 Å². The highest BCUT2D eigenvalue weighted by atomic mass is 32.1. The number of hydrogen-bond donors (Lipinski definition) is 2. The van der Waals surface area contributed by atoms with Crippen LogP contribution < -0.4 is 20.1 Å². The Labute approximate surface area is 150 Å². The average molecular weight is 363 g/mol. The smallest absolute Gasteiger partial charge is 0.271 e. The van der Waals surface area contributed by atoms with Crippen molar-refractivity contribution in [2.75, 3.05) is 19.5 Å². The Balaban J connectivity index is 2.10. The fraction of sp³-hybridized carbons (Fsp3) is 0.353. The SMILES string of the molecule is CC[C@@H](C)NC(=O)c1csc(NC(=O)c2cc(OC)cc(OC)c2)n1. The van der Waals surface area contributed by atoms with E-state index in [2.05, 4.69) is 15.6 Å². The Bertz CT molecular complexity index is 738. The van der Waals surface area contributed by atoms with Gasteiger partial charge in [-0.1, -0.05) is 6.92 Å². The summed E-state index contributed by atoms with van der Waals surface area (Å²) in [4.78, 5) is 28.6. The quantitative estimate of drug-likeness (QED) is 0.789. The van der Waals surface area contributed by atoms with Crippen molar-refractivity contribution in [3.05, 3.63) is 34.8 Å². The summed E-state index contributed by atoms with van der Waals surface area (Å²) in [5.41, 5.74) is 0.654. The molecule has 8 heteroatoms. The molecule has 1 aromatic heterocycles. The first-order chi connectivity index (χ1) is 12.0. The van der Waals surface area contributed by atoms with Crippen molar-refractivity contribution in [2.24, 2.45) is 0 Å². The van der Waals surface area contributed by atoms with Crippen molar-refractivity contribution in [1.29, 1.82) is 0 Å². The molecule has 134 valence electrons. The van der Waals surface area contributed by atoms with E-state index in [1.165, 1.54) is 25.6 Å². The summed E-state index contributed by atoms with van der Waals surface area (Å²) in [7, 11) is 3.03. The molecule has 0 unspecified atom stereocenters. The van der Waals surface area contributed by atoms with Gasteiger partial charge < -0.3 is 14.8 Å². The van der Waals surface area contributed by atoms with Crippen LogP contribution in [0.3, 0.4) is 0 Å². The van der Waals surface area contributed by atoms with Crippen LogP contribution >= 0.6 is 11.3 Å². The second-order valence-corrected chi connectivity index (χ2v) is 6.23. The molecule has 0 radical (unpaired) electrons. The Hall–Kier alpha value is -2.61. The minimum atomic E-state index is -0.361. The number of carbonyl (C=O) groups is 2. The van der Waals surface area contributed by atoms with Crippen LogP contribution in [0.25, 0.3) is 0 Å². The van der Waals surface area contributed by atoms with Gasteiger partial charge in [-0.05, 0) is 25.5 Å². The second kappa shape index (κ2) is 8.48. The molecule has 25 heavy (non-hydrogen) atoms. The maximum atomic E-state index is 12.4. The number of ether oxygens (including phenoxy) is 2. The third kappa shape index (κ3) is 4.93. The maximum absolute atomic E-state index is 12.4. The molecule has 1 atom stereocenters. The summed E-state index contributed by atoms with van der Waals surface area (Å²) >= 11 is 1.19. The first-order valence-electron chi connectivity index (χ1n) is 7.77. The van der Waals surface area contributed by atoms with Gasteiger partial charge in [-0.3, -0.25) is 14.9 Å². The summed E-state index contributed by atoms with van der Waals surface area (Å²) in [5.74, 6) is 0.407. The van der Waals surface area contributed by atoms with E-state index in [1.54, 1.807) is 23.6 Å². The number of thiazole rings is 1. The molecule has 0 aliphatic rings. The van der Waals surface area contributed by atoms with Crippen LogP contribution in [-0.2, 0) is 0 Å². The van der Waals surface area contributed by atoms with E-state index in [0.717, 1.165) is 6.42 Å². The summed E-state index contributed by atoms with van der Waals surface area (Å²) in [5, 5.41) is 7.47. The predicted octanol–water partition coefficient (Wildman–Crippen LogP) is 2.94. The Morgan fingerprint density at radius 3 is 2.36 bits per heavy atom. The molecule has 1 aromatic carbocycles. The molecule has 0 fully saturated rings. The van der Waals surface area contributed by atoms with Gasteiger partial charge in [-0.2, -0.15) is 0 Å². The normalized spacial score (nSPS) is 11.5. The van der Waals surface area contributed by atoms with E-state index in [1.807, 2.05) is 13.8 Å². The van der Waals surface area contributed by atoms with Crippen molar-refractivity contribution < 1.29 is 19.1 Å². The zero-order valence-electron chi connectivity index (χ0n) is 14.6. The molecule has 2 rings (SSSR count). The van der Waals surface area contributed by atoms with Crippen molar-refractivity contribution in [3.8, 4) is 11.5 Å². The van der Waals surface area contributed by atoms with Gasteiger partial charge in [0.2, 0.25) is 0 Å². The second-order valence-electron chi connectivity index (χ2n) is 5.38. The Kier molecular flexibility index (Phi) is 6.35. The van der Waals surface area contributed by atoms with E-state index in [-0.39, 0.29) is 23.6 Å². The van der Waals surface area contributed by atoms with Gasteiger partial charge in [0.05, 0.1) is 14.2 Å². The number of aromatic nitrogens is 1. The first kappa shape index (κ1) is 18.7. The zero-order valence-corrected chi connectivity index (χ0v) is 15.4. The topological polar surface area (TPSA) is 89.6 Å². The standard InChI is InChI=1S/C17H21N3O4S/c1-5-10(2)18-16(22)14-9-25-17(19-14)20-15(21)11-6-12(23-3)8-13(7-11)24-4/h6-10H,5H2,1-4H3,(H,18,22)(H,19,20,21)/t10-/m1/s1. The molecule has 2 amide bonds. The number of rotatable bonds is 7. The number of amides is 2. The van der Waals surface area contributed by atoms with E-state index >= 15 is 0 Å². The molecule has 2 N–H and O–H groups in total. The summed E-state index contributed by atoms with van der Waals surface area (Å²) in [6, 6.07) is 4.94. The molecule has 0 saturated heterocycles. The molecular weight excluding hydrogens is 342 g/mol. The van der Waals surface area contributed by atoms with Crippen LogP contribution in [0.5, 0.6) is 11.5 Å². The molecule has 7 nitrogen and oxygen atoms in total. The molecule has 1 heterocycles. The van der Waals surface area contributed by atoms with E-state index in [9.17, 15) is 9.59 Å². The van der Waals surface area contributed by atoms with Crippen molar-refractivity contribution in [1.82, 2.24) is 10.3 Å². The van der Waals surface area contributed by atoms with E-state index < -0.39 is 0 Å². The predicted molar refractivity (Wildman–Crippen MR) is 96.8 cm³/mol. The van der Waals surface area contributed by atoms with Crippen molar-refractivity contribution >= 4 is 28.3 Å². The van der Waals surface area contributed by atoms with E-state index in [4.69, 9.17) is 9.47 Å². The monoisotopic (exact) mass is 363 g/mol. The first-order valence-corrected chi connectivity index (χ1v) is 8.65. The summed E-state index contributed by atoms with van der Waals surface area (Å²) in [6.45, 7) is 3.91. The lowest BCUT2D eigenvalue weighted by atomic mass is 10.2. The van der Waals surface area contributed by atoms with Gasteiger partial charge >= 0.3 is 0 Å². The number of anilines is 1. The molecular formula is C17H21N3O4S. The number of benzene rings is 1. The molecule has 0 aliphatic heterocycles. The minimum Gasteiger partial charge on any atom is -0.497 e. The third-order valence-electron chi connectivity index (χ3n) is 3.56. The number of hydrogen-bond acceptors (Lipinski definition) is 6. The lowest BCUT2D eigenvalue weighted by Crippen LogP contribution is -2.32.